The second-order valence-corrected chi connectivity index (χ2v) is 7.69. The van der Waals surface area contributed by atoms with Crippen LogP contribution < -0.4 is 20.7 Å². The van der Waals surface area contributed by atoms with Crippen molar-refractivity contribution in [3.8, 4) is 11.5 Å². The van der Waals surface area contributed by atoms with Gasteiger partial charge in [0.05, 0.1) is 19.8 Å². The molecular weight excluding hydrogens is 428 g/mol. The van der Waals surface area contributed by atoms with Gasteiger partial charge in [0.1, 0.15) is 30.0 Å². The maximum absolute atomic E-state index is 13.3. The lowest BCUT2D eigenvalue weighted by Gasteiger charge is -2.16. The van der Waals surface area contributed by atoms with Gasteiger partial charge in [0.15, 0.2) is 11.2 Å². The largest absolute Gasteiger partial charge is 0.494 e. The number of nitrogens with zero attached hydrogens (tertiary/aromatic N) is 4. The molecule has 0 aliphatic rings. The van der Waals surface area contributed by atoms with Gasteiger partial charge in [0.2, 0.25) is 0 Å². The minimum Gasteiger partial charge on any atom is -0.494 e. The third kappa shape index (κ3) is 5.45. The normalized spacial score (nSPS) is 12.3. The molecule has 0 spiro atoms. The molecule has 0 aliphatic heterocycles. The Bertz CT molecular complexity index is 1180. The van der Waals surface area contributed by atoms with Crippen LogP contribution in [0.5, 0.6) is 11.5 Å². The van der Waals surface area contributed by atoms with Crippen molar-refractivity contribution in [3.63, 3.8) is 0 Å². The average molecular weight is 461 g/mol. The fraction of sp³-hybridized carbons (Fsp3) is 0.522. The van der Waals surface area contributed by atoms with Crippen LogP contribution in [0, 0.1) is 6.92 Å². The number of fused-ring (bicyclic) bond motifs is 1. The molecule has 3 aromatic rings. The Kier molecular flexibility index (Phi) is 8.29. The summed E-state index contributed by atoms with van der Waals surface area (Å²) in [6.45, 7) is 7.18. The monoisotopic (exact) mass is 460 g/mol. The zero-order valence-corrected chi connectivity index (χ0v) is 19.6. The summed E-state index contributed by atoms with van der Waals surface area (Å²) in [6, 6.07) is 7.02. The van der Waals surface area contributed by atoms with Gasteiger partial charge in [-0.15, -0.1) is 0 Å². The fourth-order valence-electron chi connectivity index (χ4n) is 3.70. The van der Waals surface area contributed by atoms with Gasteiger partial charge >= 0.3 is 5.69 Å². The molecule has 0 saturated carbocycles. The minimum atomic E-state index is -1.06. The molecule has 10 heteroatoms. The lowest BCUT2D eigenvalue weighted by molar-refractivity contribution is 0.0901. The zero-order chi connectivity index (χ0) is 24.0. The first-order valence-electron chi connectivity index (χ1n) is 11.1. The van der Waals surface area contributed by atoms with Crippen molar-refractivity contribution >= 4 is 11.2 Å². The predicted octanol–water partition coefficient (Wildman–Crippen LogP) is 1.56. The third-order valence-electron chi connectivity index (χ3n) is 5.24. The van der Waals surface area contributed by atoms with Crippen molar-refractivity contribution in [1.29, 1.82) is 0 Å². The first kappa shape index (κ1) is 24.5. The van der Waals surface area contributed by atoms with Crippen LogP contribution in [0.3, 0.4) is 0 Å². The van der Waals surface area contributed by atoms with Gasteiger partial charge in [0, 0.05) is 20.2 Å². The van der Waals surface area contributed by atoms with Crippen LogP contribution in [0.2, 0.25) is 0 Å². The Morgan fingerprint density at radius 2 is 1.67 bits per heavy atom. The second-order valence-electron chi connectivity index (χ2n) is 7.69. The number of aromatic nitrogens is 4. The zero-order valence-electron chi connectivity index (χ0n) is 19.6. The molecular formula is C23H32N4O6. The highest BCUT2D eigenvalue weighted by Gasteiger charge is 2.21. The smallest absolute Gasteiger partial charge is 0.332 e. The lowest BCUT2D eigenvalue weighted by atomic mass is 10.3. The van der Waals surface area contributed by atoms with Gasteiger partial charge in [-0.1, -0.05) is 6.92 Å². The van der Waals surface area contributed by atoms with Crippen LogP contribution in [-0.2, 0) is 24.4 Å². The molecule has 0 amide bonds. The first-order chi connectivity index (χ1) is 15.9. The quantitative estimate of drug-likeness (QED) is 0.437. The average Bonchev–Trinajstić information content (AvgIpc) is 3.13. The number of hydrogen-bond acceptors (Lipinski definition) is 7. The van der Waals surface area contributed by atoms with Gasteiger partial charge in [-0.3, -0.25) is 13.9 Å². The molecule has 1 aromatic carbocycles. The summed E-state index contributed by atoms with van der Waals surface area (Å²) < 4.78 is 20.5. The Hall–Kier alpha value is -3.11. The van der Waals surface area contributed by atoms with Gasteiger partial charge in [-0.2, -0.15) is 0 Å². The van der Waals surface area contributed by atoms with Crippen LogP contribution in [0.4, 0.5) is 0 Å². The molecule has 0 bridgehead atoms. The van der Waals surface area contributed by atoms with E-state index in [1.165, 1.54) is 4.57 Å². The Morgan fingerprint density at radius 1 is 1.00 bits per heavy atom. The molecule has 10 nitrogen and oxygen atoms in total. The SMILES string of the molecule is CCCn1c(=O)n(C[C@H](O)COc2ccc(OCC)cc2)c(=O)c2c1nc(C)n2CCOC. The molecule has 2 heterocycles. The van der Waals surface area contributed by atoms with Crippen molar-refractivity contribution in [2.45, 2.75) is 52.9 Å². The van der Waals surface area contributed by atoms with E-state index >= 15 is 0 Å². The summed E-state index contributed by atoms with van der Waals surface area (Å²) in [7, 11) is 1.58. The van der Waals surface area contributed by atoms with Gasteiger partial charge in [-0.25, -0.2) is 9.78 Å². The second kappa shape index (κ2) is 11.2. The summed E-state index contributed by atoms with van der Waals surface area (Å²) in [5.74, 6) is 1.90. The van der Waals surface area contributed by atoms with Crippen LogP contribution in [-0.4, -0.2) is 56.8 Å². The Balaban J connectivity index is 1.88. The van der Waals surface area contributed by atoms with Crippen LogP contribution >= 0.6 is 0 Å². The maximum atomic E-state index is 13.3. The highest BCUT2D eigenvalue weighted by atomic mass is 16.5. The minimum absolute atomic E-state index is 0.0758. The summed E-state index contributed by atoms with van der Waals surface area (Å²) in [6.07, 6.45) is -0.369. The van der Waals surface area contributed by atoms with E-state index in [4.69, 9.17) is 14.2 Å². The number of aliphatic hydroxyl groups excluding tert-OH is 1. The third-order valence-corrected chi connectivity index (χ3v) is 5.24. The van der Waals surface area contributed by atoms with Gasteiger partial charge in [0.25, 0.3) is 5.56 Å². The predicted molar refractivity (Wildman–Crippen MR) is 124 cm³/mol. The number of imidazole rings is 1. The van der Waals surface area contributed by atoms with Crippen LogP contribution in [0.25, 0.3) is 11.2 Å². The van der Waals surface area contributed by atoms with E-state index in [1.807, 2.05) is 13.8 Å². The van der Waals surface area contributed by atoms with Crippen molar-refractivity contribution in [2.75, 3.05) is 26.9 Å². The number of hydrogen-bond donors (Lipinski definition) is 1. The summed E-state index contributed by atoms with van der Waals surface area (Å²) in [5, 5.41) is 10.6. The topological polar surface area (TPSA) is 110 Å². The molecule has 3 rings (SSSR count). The molecule has 0 fully saturated rings. The number of aryl methyl sites for hydroxylation is 2. The highest BCUT2D eigenvalue weighted by Crippen LogP contribution is 2.18. The van der Waals surface area contributed by atoms with E-state index in [9.17, 15) is 14.7 Å². The van der Waals surface area contributed by atoms with Crippen molar-refractivity contribution < 1.29 is 19.3 Å². The van der Waals surface area contributed by atoms with E-state index in [-0.39, 0.29) is 13.2 Å². The lowest BCUT2D eigenvalue weighted by Crippen LogP contribution is -2.44. The van der Waals surface area contributed by atoms with Crippen LogP contribution in [0.1, 0.15) is 26.1 Å². The summed E-state index contributed by atoms with van der Waals surface area (Å²) >= 11 is 0. The number of methoxy groups -OCH3 is 1. The maximum Gasteiger partial charge on any atom is 0.332 e. The molecule has 0 unspecified atom stereocenters. The fourth-order valence-corrected chi connectivity index (χ4v) is 3.70. The van der Waals surface area contributed by atoms with E-state index in [0.717, 1.165) is 10.3 Å². The van der Waals surface area contributed by atoms with Crippen molar-refractivity contribution in [2.24, 2.45) is 0 Å². The molecule has 0 radical (unpaired) electrons. The van der Waals surface area contributed by atoms with E-state index in [1.54, 1.807) is 42.9 Å². The van der Waals surface area contributed by atoms with Crippen molar-refractivity contribution in [3.05, 3.63) is 50.9 Å². The van der Waals surface area contributed by atoms with E-state index in [0.29, 0.717) is 55.5 Å². The Labute approximate surface area is 192 Å². The van der Waals surface area contributed by atoms with Gasteiger partial charge < -0.3 is 23.9 Å². The molecule has 33 heavy (non-hydrogen) atoms. The first-order valence-corrected chi connectivity index (χ1v) is 11.1. The van der Waals surface area contributed by atoms with Crippen LogP contribution in [0.15, 0.2) is 33.9 Å². The van der Waals surface area contributed by atoms with Gasteiger partial charge in [-0.05, 0) is 44.5 Å². The molecule has 180 valence electrons. The Morgan fingerprint density at radius 3 is 2.27 bits per heavy atom. The molecule has 1 N–H and O–H groups in total. The number of ether oxygens (including phenoxy) is 3. The summed E-state index contributed by atoms with van der Waals surface area (Å²) in [5.41, 5.74) is -0.293. The number of rotatable bonds is 12. The molecule has 2 aromatic heterocycles. The number of aliphatic hydroxyl groups is 1. The van der Waals surface area contributed by atoms with E-state index in [2.05, 4.69) is 4.98 Å². The standard InChI is InChI=1S/C23H32N4O6/c1-5-11-26-21-20(25(12-13-31-4)16(3)24-21)22(29)27(23(26)30)14-17(28)15-33-19-9-7-18(8-10-19)32-6-2/h7-10,17,28H,5-6,11-15H2,1-4H3/t17-/m0/s1. The molecule has 0 aliphatic carbocycles. The number of benzene rings is 1. The van der Waals surface area contributed by atoms with Crippen molar-refractivity contribution in [1.82, 2.24) is 18.7 Å². The molecule has 1 atom stereocenters. The highest BCUT2D eigenvalue weighted by molar-refractivity contribution is 5.71. The van der Waals surface area contributed by atoms with E-state index < -0.39 is 17.4 Å². The molecule has 0 saturated heterocycles. The summed E-state index contributed by atoms with van der Waals surface area (Å²) in [4.78, 5) is 30.9.